The molecule has 0 atom stereocenters. The van der Waals surface area contributed by atoms with Crippen LogP contribution >= 0.6 is 34.0 Å². The van der Waals surface area contributed by atoms with Crippen LogP contribution in [0.1, 0.15) is 29.5 Å². The lowest BCUT2D eigenvalue weighted by molar-refractivity contribution is 0.804. The van der Waals surface area contributed by atoms with Gasteiger partial charge in [-0.25, -0.2) is 0 Å². The molecular weight excluding hydrogens is 314 g/mol. The smallest absolute Gasteiger partial charge is 0.110 e. The van der Waals surface area contributed by atoms with Crippen LogP contribution in [-0.2, 0) is 6.42 Å². The van der Waals surface area contributed by atoms with Crippen molar-refractivity contribution in [3.05, 3.63) is 46.2 Å². The van der Waals surface area contributed by atoms with Crippen molar-refractivity contribution in [2.75, 3.05) is 0 Å². The predicted molar refractivity (Wildman–Crippen MR) is 94.3 cm³/mol. The van der Waals surface area contributed by atoms with E-state index in [1.807, 2.05) is 34.8 Å². The van der Waals surface area contributed by atoms with Crippen LogP contribution in [0.4, 0.5) is 0 Å². The number of rotatable bonds is 5. The third kappa shape index (κ3) is 3.26. The van der Waals surface area contributed by atoms with Gasteiger partial charge in [-0.1, -0.05) is 13.3 Å². The molecule has 0 spiro atoms. The lowest BCUT2D eigenvalue weighted by atomic mass is 10.2. The third-order valence-corrected chi connectivity index (χ3v) is 6.86. The molecule has 0 unspecified atom stereocenters. The molecule has 21 heavy (non-hydrogen) atoms. The molecule has 0 aromatic carbocycles. The number of aryl methyl sites for hydroxylation is 1. The van der Waals surface area contributed by atoms with Crippen molar-refractivity contribution < 1.29 is 0 Å². The largest absolute Gasteiger partial charge is 0.192 e. The molecule has 0 bridgehead atoms. The Bertz CT molecular complexity index is 770. The Morgan fingerprint density at radius 3 is 2.14 bits per heavy atom. The molecule has 0 aliphatic carbocycles. The zero-order valence-corrected chi connectivity index (χ0v) is 14.2. The standard InChI is InChI=1S/C17H15NS3/c1-2-3-4-12-5-7-14(19-12)16-9-10-17(21-16)15-8-6-13(11-18)20-15/h5-10H,2-4H2,1H3. The van der Waals surface area contributed by atoms with Gasteiger partial charge in [0.1, 0.15) is 10.9 Å². The summed E-state index contributed by atoms with van der Waals surface area (Å²) in [4.78, 5) is 7.37. The molecule has 1 nitrogen and oxygen atoms in total. The molecule has 0 aliphatic rings. The summed E-state index contributed by atoms with van der Waals surface area (Å²) in [6.07, 6.45) is 3.70. The fourth-order valence-corrected chi connectivity index (χ4v) is 5.17. The number of nitriles is 1. The highest BCUT2D eigenvalue weighted by atomic mass is 32.1. The number of unbranched alkanes of at least 4 members (excludes halogenated alkanes) is 1. The molecule has 0 radical (unpaired) electrons. The van der Waals surface area contributed by atoms with Gasteiger partial charge in [-0.05, 0) is 49.2 Å². The van der Waals surface area contributed by atoms with Crippen molar-refractivity contribution in [3.8, 4) is 25.6 Å². The predicted octanol–water partition coefficient (Wildman–Crippen LogP) is 6.42. The summed E-state index contributed by atoms with van der Waals surface area (Å²) < 4.78 is 0. The van der Waals surface area contributed by atoms with E-state index in [1.165, 1.54) is 43.6 Å². The summed E-state index contributed by atoms with van der Waals surface area (Å²) in [5.74, 6) is 0. The van der Waals surface area contributed by atoms with E-state index in [4.69, 9.17) is 5.26 Å². The van der Waals surface area contributed by atoms with Crippen molar-refractivity contribution in [1.29, 1.82) is 5.26 Å². The Morgan fingerprint density at radius 2 is 1.48 bits per heavy atom. The summed E-state index contributed by atoms with van der Waals surface area (Å²) in [5, 5.41) is 8.92. The summed E-state index contributed by atoms with van der Waals surface area (Å²) in [5.41, 5.74) is 0. The summed E-state index contributed by atoms with van der Waals surface area (Å²) in [6, 6.07) is 15.0. The van der Waals surface area contributed by atoms with Gasteiger partial charge in [-0.2, -0.15) is 5.26 Å². The molecule has 0 saturated heterocycles. The van der Waals surface area contributed by atoms with Gasteiger partial charge in [0.25, 0.3) is 0 Å². The second-order valence-electron chi connectivity index (χ2n) is 4.81. The maximum absolute atomic E-state index is 8.92. The van der Waals surface area contributed by atoms with E-state index in [1.54, 1.807) is 11.3 Å². The normalized spacial score (nSPS) is 10.7. The Balaban J connectivity index is 1.81. The first kappa shape index (κ1) is 14.5. The lowest BCUT2D eigenvalue weighted by Crippen LogP contribution is -1.76. The van der Waals surface area contributed by atoms with E-state index in [0.29, 0.717) is 0 Å². The minimum absolute atomic E-state index is 0.776. The third-order valence-electron chi connectivity index (χ3n) is 3.25. The van der Waals surface area contributed by atoms with Crippen molar-refractivity contribution in [1.82, 2.24) is 0 Å². The monoisotopic (exact) mass is 329 g/mol. The number of hydrogen-bond acceptors (Lipinski definition) is 4. The van der Waals surface area contributed by atoms with Crippen LogP contribution in [0.3, 0.4) is 0 Å². The maximum Gasteiger partial charge on any atom is 0.110 e. The maximum atomic E-state index is 8.92. The van der Waals surface area contributed by atoms with E-state index in [0.717, 1.165) is 4.88 Å². The highest BCUT2D eigenvalue weighted by Gasteiger charge is 2.09. The summed E-state index contributed by atoms with van der Waals surface area (Å²) in [7, 11) is 0. The average molecular weight is 330 g/mol. The SMILES string of the molecule is CCCCc1ccc(-c2ccc(-c3ccc(C#N)s3)s2)s1. The Kier molecular flexibility index (Phi) is 4.54. The van der Waals surface area contributed by atoms with E-state index in [-0.39, 0.29) is 0 Å². The van der Waals surface area contributed by atoms with E-state index in [2.05, 4.69) is 37.3 Å². The zero-order chi connectivity index (χ0) is 14.7. The molecule has 106 valence electrons. The Labute approximate surface area is 137 Å². The van der Waals surface area contributed by atoms with E-state index in [9.17, 15) is 0 Å². The molecule has 3 rings (SSSR count). The molecular formula is C17H15NS3. The molecule has 3 heterocycles. The topological polar surface area (TPSA) is 23.8 Å². The van der Waals surface area contributed by atoms with Gasteiger partial charge in [-0.15, -0.1) is 34.0 Å². The first-order valence-corrected chi connectivity index (χ1v) is 9.44. The summed E-state index contributed by atoms with van der Waals surface area (Å²) >= 11 is 5.28. The molecule has 0 aliphatic heterocycles. The van der Waals surface area contributed by atoms with Crippen molar-refractivity contribution in [2.45, 2.75) is 26.2 Å². The van der Waals surface area contributed by atoms with E-state index < -0.39 is 0 Å². The summed E-state index contributed by atoms with van der Waals surface area (Å²) in [6.45, 7) is 2.23. The van der Waals surface area contributed by atoms with Crippen molar-refractivity contribution >= 4 is 34.0 Å². The van der Waals surface area contributed by atoms with E-state index >= 15 is 0 Å². The number of nitrogens with zero attached hydrogens (tertiary/aromatic N) is 1. The van der Waals surface area contributed by atoms with Gasteiger partial charge in [0, 0.05) is 24.4 Å². The van der Waals surface area contributed by atoms with Crippen molar-refractivity contribution in [2.24, 2.45) is 0 Å². The molecule has 0 amide bonds. The van der Waals surface area contributed by atoms with Gasteiger partial charge in [0.2, 0.25) is 0 Å². The van der Waals surface area contributed by atoms with Crippen LogP contribution in [-0.4, -0.2) is 0 Å². The number of thiophene rings is 3. The lowest BCUT2D eigenvalue weighted by Gasteiger charge is -1.93. The molecule has 4 heteroatoms. The second-order valence-corrected chi connectivity index (χ2v) is 8.14. The first-order valence-electron chi connectivity index (χ1n) is 6.99. The second kappa shape index (κ2) is 6.57. The highest BCUT2D eigenvalue weighted by molar-refractivity contribution is 7.26. The van der Waals surface area contributed by atoms with Gasteiger partial charge in [0.05, 0.1) is 0 Å². The minimum atomic E-state index is 0.776. The molecule has 0 saturated carbocycles. The molecule has 0 N–H and O–H groups in total. The Hall–Kier alpha value is -1.41. The van der Waals surface area contributed by atoms with Crippen LogP contribution in [0.15, 0.2) is 36.4 Å². The van der Waals surface area contributed by atoms with Crippen LogP contribution in [0, 0.1) is 11.3 Å². The molecule has 0 fully saturated rings. The van der Waals surface area contributed by atoms with Crippen LogP contribution in [0.25, 0.3) is 19.5 Å². The quantitative estimate of drug-likeness (QED) is 0.530. The van der Waals surface area contributed by atoms with Gasteiger partial charge in [-0.3, -0.25) is 0 Å². The molecule has 3 aromatic rings. The van der Waals surface area contributed by atoms with Crippen LogP contribution < -0.4 is 0 Å². The van der Waals surface area contributed by atoms with Crippen LogP contribution in [0.2, 0.25) is 0 Å². The average Bonchev–Trinajstić information content (AvgIpc) is 3.22. The molecule has 3 aromatic heterocycles. The van der Waals surface area contributed by atoms with Gasteiger partial charge < -0.3 is 0 Å². The number of hydrogen-bond donors (Lipinski definition) is 0. The first-order chi connectivity index (χ1) is 10.3. The van der Waals surface area contributed by atoms with Crippen LogP contribution in [0.5, 0.6) is 0 Å². The van der Waals surface area contributed by atoms with Gasteiger partial charge >= 0.3 is 0 Å². The zero-order valence-electron chi connectivity index (χ0n) is 11.8. The highest BCUT2D eigenvalue weighted by Crippen LogP contribution is 2.39. The van der Waals surface area contributed by atoms with Crippen molar-refractivity contribution in [3.63, 3.8) is 0 Å². The Morgan fingerprint density at radius 1 is 0.857 bits per heavy atom. The minimum Gasteiger partial charge on any atom is -0.192 e. The van der Waals surface area contributed by atoms with Gasteiger partial charge in [0.15, 0.2) is 0 Å². The fraction of sp³-hybridized carbons (Fsp3) is 0.235. The fourth-order valence-electron chi connectivity index (χ4n) is 2.13.